The molecular formula is C17H19F3N6OS. The highest BCUT2D eigenvalue weighted by molar-refractivity contribution is 7.15. The number of halogens is 3. The van der Waals surface area contributed by atoms with Crippen LogP contribution in [0.3, 0.4) is 0 Å². The largest absolute Gasteiger partial charge is 0.445 e. The lowest BCUT2D eigenvalue weighted by molar-refractivity contribution is -0.138. The third kappa shape index (κ3) is 3.89. The first-order valence-electron chi connectivity index (χ1n) is 9.08. The average molecular weight is 412 g/mol. The summed E-state index contributed by atoms with van der Waals surface area (Å²) in [6.07, 6.45) is -0.577. The van der Waals surface area contributed by atoms with Crippen LogP contribution in [0.4, 0.5) is 24.1 Å². The minimum absolute atomic E-state index is 0.0873. The summed E-state index contributed by atoms with van der Waals surface area (Å²) in [5, 5.41) is 6.15. The molecule has 2 aromatic rings. The molecule has 1 amide bonds. The van der Waals surface area contributed by atoms with Gasteiger partial charge in [-0.1, -0.05) is 11.3 Å². The Kier molecular flexibility index (Phi) is 5.09. The van der Waals surface area contributed by atoms with Crippen LogP contribution in [0.1, 0.15) is 28.2 Å². The molecule has 0 radical (unpaired) electrons. The number of rotatable bonds is 3. The van der Waals surface area contributed by atoms with Crippen molar-refractivity contribution in [1.82, 2.24) is 20.1 Å². The van der Waals surface area contributed by atoms with Gasteiger partial charge in [-0.05, 0) is 25.0 Å². The third-order valence-corrected chi connectivity index (χ3v) is 5.95. The molecule has 7 nitrogen and oxygen atoms in total. The van der Waals surface area contributed by atoms with E-state index in [1.165, 1.54) is 0 Å². The number of aromatic nitrogens is 3. The van der Waals surface area contributed by atoms with Crippen LogP contribution >= 0.6 is 11.3 Å². The first-order valence-corrected chi connectivity index (χ1v) is 9.89. The highest BCUT2D eigenvalue weighted by Crippen LogP contribution is 2.34. The number of carbonyl (C=O) groups is 1. The fourth-order valence-corrected chi connectivity index (χ4v) is 4.18. The molecule has 4 rings (SSSR count). The molecule has 11 heteroatoms. The van der Waals surface area contributed by atoms with Crippen LogP contribution in [0.15, 0.2) is 18.3 Å². The first kappa shape index (κ1) is 18.9. The predicted octanol–water partition coefficient (Wildman–Crippen LogP) is 2.51. The molecule has 0 aliphatic carbocycles. The van der Waals surface area contributed by atoms with Gasteiger partial charge in [-0.25, -0.2) is 4.98 Å². The van der Waals surface area contributed by atoms with Crippen molar-refractivity contribution in [2.24, 2.45) is 0 Å². The van der Waals surface area contributed by atoms with Gasteiger partial charge >= 0.3 is 6.18 Å². The summed E-state index contributed by atoms with van der Waals surface area (Å²) < 4.78 is 38.1. The van der Waals surface area contributed by atoms with Gasteiger partial charge in [0, 0.05) is 51.0 Å². The lowest BCUT2D eigenvalue weighted by Gasteiger charge is -2.34. The third-order valence-electron chi connectivity index (χ3n) is 4.92. The van der Waals surface area contributed by atoms with E-state index in [9.17, 15) is 18.0 Å². The van der Waals surface area contributed by atoms with E-state index in [1.54, 1.807) is 22.1 Å². The van der Waals surface area contributed by atoms with Crippen LogP contribution in [-0.4, -0.2) is 65.3 Å². The molecule has 0 N–H and O–H groups in total. The van der Waals surface area contributed by atoms with E-state index >= 15 is 0 Å². The molecule has 0 unspecified atom stereocenters. The van der Waals surface area contributed by atoms with Gasteiger partial charge in [-0.3, -0.25) is 4.79 Å². The molecule has 0 aromatic carbocycles. The lowest BCUT2D eigenvalue weighted by atomic mass is 10.2. The molecular weight excluding hydrogens is 393 g/mol. The van der Waals surface area contributed by atoms with Gasteiger partial charge in [0.25, 0.3) is 5.91 Å². The van der Waals surface area contributed by atoms with Crippen molar-refractivity contribution in [3.8, 4) is 0 Å². The number of hydrogen-bond acceptors (Lipinski definition) is 7. The quantitative estimate of drug-likeness (QED) is 0.772. The Balaban J connectivity index is 1.39. The predicted molar refractivity (Wildman–Crippen MR) is 98.7 cm³/mol. The van der Waals surface area contributed by atoms with Crippen LogP contribution in [0.25, 0.3) is 0 Å². The summed E-state index contributed by atoms with van der Waals surface area (Å²) in [6, 6.07) is 3.52. The summed E-state index contributed by atoms with van der Waals surface area (Å²) in [5.74, 6) is 0.728. The van der Waals surface area contributed by atoms with Gasteiger partial charge in [-0.15, -0.1) is 10.2 Å². The van der Waals surface area contributed by atoms with Crippen molar-refractivity contribution < 1.29 is 18.0 Å². The van der Waals surface area contributed by atoms with Gasteiger partial charge in [0.05, 0.1) is 0 Å². The molecule has 0 spiro atoms. The van der Waals surface area contributed by atoms with E-state index in [4.69, 9.17) is 0 Å². The van der Waals surface area contributed by atoms with Crippen LogP contribution in [0.5, 0.6) is 0 Å². The molecule has 0 atom stereocenters. The highest BCUT2D eigenvalue weighted by atomic mass is 32.1. The maximum absolute atomic E-state index is 12.8. The van der Waals surface area contributed by atoms with Crippen molar-refractivity contribution in [3.63, 3.8) is 0 Å². The number of carbonyl (C=O) groups excluding carboxylic acids is 1. The van der Waals surface area contributed by atoms with Crippen LogP contribution < -0.4 is 9.80 Å². The maximum atomic E-state index is 12.8. The van der Waals surface area contributed by atoms with Gasteiger partial charge in [0.1, 0.15) is 5.82 Å². The highest BCUT2D eigenvalue weighted by Gasteiger charge is 2.36. The summed E-state index contributed by atoms with van der Waals surface area (Å²) in [6.45, 7) is 3.57. The first-order chi connectivity index (χ1) is 13.4. The van der Waals surface area contributed by atoms with Crippen LogP contribution in [-0.2, 0) is 6.18 Å². The monoisotopic (exact) mass is 412 g/mol. The Hall–Kier alpha value is -2.43. The van der Waals surface area contributed by atoms with Crippen molar-refractivity contribution >= 4 is 28.2 Å². The topological polar surface area (TPSA) is 65.5 Å². The Labute approximate surface area is 163 Å². The van der Waals surface area contributed by atoms with Crippen molar-refractivity contribution in [3.05, 3.63) is 28.9 Å². The number of piperazine rings is 1. The molecule has 150 valence electrons. The molecule has 0 bridgehead atoms. The van der Waals surface area contributed by atoms with Crippen molar-refractivity contribution in [1.29, 1.82) is 0 Å². The fraction of sp³-hybridized carbons (Fsp3) is 0.529. The van der Waals surface area contributed by atoms with E-state index in [0.29, 0.717) is 43.1 Å². The zero-order valence-electron chi connectivity index (χ0n) is 15.0. The standard InChI is InChI=1S/C17H19F3N6OS/c18-17(19,20)15-22-23-16(28-15)26-9-7-25(8-10-26)14(27)12-3-4-21-13(11-12)24-5-1-2-6-24/h3-4,11H,1-2,5-10H2. The SMILES string of the molecule is O=C(c1ccnc(N2CCCC2)c1)N1CCN(c2nnc(C(F)(F)F)s2)CC1. The van der Waals surface area contributed by atoms with E-state index in [2.05, 4.69) is 20.1 Å². The summed E-state index contributed by atoms with van der Waals surface area (Å²) in [4.78, 5) is 22.8. The normalized spacial score (nSPS) is 18.0. The molecule has 2 aromatic heterocycles. The molecule has 4 heterocycles. The number of amides is 1. The Bertz CT molecular complexity index is 843. The minimum Gasteiger partial charge on any atom is -0.357 e. The second-order valence-electron chi connectivity index (χ2n) is 6.76. The molecule has 0 saturated carbocycles. The van der Waals surface area contributed by atoms with Gasteiger partial charge in [0.15, 0.2) is 0 Å². The minimum atomic E-state index is -4.48. The van der Waals surface area contributed by atoms with Gasteiger partial charge in [-0.2, -0.15) is 13.2 Å². The van der Waals surface area contributed by atoms with E-state index in [0.717, 1.165) is 31.7 Å². The number of anilines is 2. The summed E-state index contributed by atoms with van der Waals surface area (Å²) in [5.41, 5.74) is 0.584. The van der Waals surface area contributed by atoms with Gasteiger partial charge in [0.2, 0.25) is 10.1 Å². The maximum Gasteiger partial charge on any atom is 0.445 e. The van der Waals surface area contributed by atoms with Crippen LogP contribution in [0.2, 0.25) is 0 Å². The van der Waals surface area contributed by atoms with Crippen molar-refractivity contribution in [2.75, 3.05) is 49.1 Å². The Morgan fingerprint density at radius 3 is 2.36 bits per heavy atom. The second-order valence-corrected chi connectivity index (χ2v) is 7.72. The van der Waals surface area contributed by atoms with Gasteiger partial charge < -0.3 is 14.7 Å². The van der Waals surface area contributed by atoms with E-state index in [1.807, 2.05) is 6.07 Å². The summed E-state index contributed by atoms with van der Waals surface area (Å²) >= 11 is 0.530. The fourth-order valence-electron chi connectivity index (χ4n) is 3.41. The zero-order chi connectivity index (χ0) is 19.7. The van der Waals surface area contributed by atoms with E-state index in [-0.39, 0.29) is 11.0 Å². The molecule has 2 fully saturated rings. The zero-order valence-corrected chi connectivity index (χ0v) is 15.8. The number of pyridine rings is 1. The number of alkyl halides is 3. The number of hydrogen-bond donors (Lipinski definition) is 0. The van der Waals surface area contributed by atoms with Crippen LogP contribution in [0, 0.1) is 0 Å². The van der Waals surface area contributed by atoms with Crippen molar-refractivity contribution in [2.45, 2.75) is 19.0 Å². The lowest BCUT2D eigenvalue weighted by Crippen LogP contribution is -2.48. The Morgan fingerprint density at radius 1 is 1.00 bits per heavy atom. The molecule has 2 aliphatic heterocycles. The molecule has 28 heavy (non-hydrogen) atoms. The second kappa shape index (κ2) is 7.53. The smallest absolute Gasteiger partial charge is 0.357 e. The number of nitrogens with zero attached hydrogens (tertiary/aromatic N) is 6. The summed E-state index contributed by atoms with van der Waals surface area (Å²) in [7, 11) is 0. The Morgan fingerprint density at radius 2 is 1.71 bits per heavy atom. The molecule has 2 aliphatic rings. The van der Waals surface area contributed by atoms with E-state index < -0.39 is 11.2 Å². The molecule has 2 saturated heterocycles. The average Bonchev–Trinajstić information content (AvgIpc) is 3.39.